The van der Waals surface area contributed by atoms with Crippen molar-refractivity contribution in [2.24, 2.45) is 5.41 Å². The van der Waals surface area contributed by atoms with Crippen molar-refractivity contribution in [1.29, 1.82) is 0 Å². The zero-order valence-electron chi connectivity index (χ0n) is 36.0. The Kier molecular flexibility index (Phi) is 14.6. The summed E-state index contributed by atoms with van der Waals surface area (Å²) in [7, 11) is 0. The number of rotatable bonds is 16. The van der Waals surface area contributed by atoms with Crippen LogP contribution in [0.3, 0.4) is 0 Å². The van der Waals surface area contributed by atoms with E-state index in [1.807, 2.05) is 60.7 Å². The van der Waals surface area contributed by atoms with Gasteiger partial charge >= 0.3 is 23.9 Å². The highest BCUT2D eigenvalue weighted by molar-refractivity contribution is 5.95. The predicted molar refractivity (Wildman–Crippen MR) is 227 cm³/mol. The van der Waals surface area contributed by atoms with Crippen LogP contribution in [-0.4, -0.2) is 96.6 Å². The van der Waals surface area contributed by atoms with Gasteiger partial charge in [-0.25, -0.2) is 14.4 Å². The lowest BCUT2D eigenvalue weighted by Crippen LogP contribution is -2.44. The molecule has 2 fully saturated rings. The molecule has 2 amide bonds. The molecular weight excluding hydrogens is 813 g/mol. The molecule has 0 bridgehead atoms. The molecule has 0 unspecified atom stereocenters. The molecule has 15 heteroatoms. The molecule has 3 aromatic carbocycles. The maximum atomic E-state index is 13.9. The van der Waals surface area contributed by atoms with Gasteiger partial charge in [0, 0.05) is 54.0 Å². The molecule has 15 nitrogen and oxygen atoms in total. The van der Waals surface area contributed by atoms with Crippen LogP contribution in [0.2, 0.25) is 0 Å². The summed E-state index contributed by atoms with van der Waals surface area (Å²) >= 11 is 0. The first-order valence-corrected chi connectivity index (χ1v) is 20.9. The van der Waals surface area contributed by atoms with Crippen molar-refractivity contribution in [2.45, 2.75) is 102 Å². The lowest BCUT2D eigenvalue weighted by Gasteiger charge is -2.31. The van der Waals surface area contributed by atoms with Crippen molar-refractivity contribution < 1.29 is 62.3 Å². The van der Waals surface area contributed by atoms with E-state index in [1.165, 1.54) is 12.1 Å². The van der Waals surface area contributed by atoms with E-state index in [2.05, 4.69) is 10.6 Å². The average molecular weight is 867 g/mol. The summed E-state index contributed by atoms with van der Waals surface area (Å²) in [6, 6.07) is 24.3. The van der Waals surface area contributed by atoms with Gasteiger partial charge in [0.05, 0.1) is 18.2 Å². The fourth-order valence-electron chi connectivity index (χ4n) is 7.42. The number of nitrogens with one attached hydrogen (secondary N) is 2. The second-order valence-corrected chi connectivity index (χ2v) is 17.3. The minimum Gasteiger partial charge on any atom is -0.462 e. The Labute approximate surface area is 366 Å². The summed E-state index contributed by atoms with van der Waals surface area (Å²) in [4.78, 5) is 77.4. The first kappa shape index (κ1) is 46.3. The number of aliphatic hydroxyl groups is 1. The van der Waals surface area contributed by atoms with Crippen molar-refractivity contribution in [3.8, 4) is 0 Å². The molecule has 3 N–H and O–H groups in total. The van der Waals surface area contributed by atoms with Gasteiger partial charge in [-0.2, -0.15) is 0 Å². The standard InChI is InChI=1S/C48H54N2O13/c1-46(2,3)62-40(54)22-20-35(28-51)50-38(52)23-24-49-43(55)32-26-36(41-37(27-32)61-48(63-41,33-15-8-6-9-16-33)34-17-10-7-11-18-34)59-44(56)31-14-12-13-30(25-31)19-21-39(53)60-42-45(57)58-29-47(42,4)5/h6-19,21,25,27,35-37,41-42,51H,20,22-24,26,28-29H2,1-5H3,(H,49,55)(H,50,52)/t35-,36+,37+,41-,42-/m0/s1. The second-order valence-electron chi connectivity index (χ2n) is 17.3. The molecule has 5 atom stereocenters. The van der Waals surface area contributed by atoms with E-state index in [9.17, 15) is 33.9 Å². The van der Waals surface area contributed by atoms with Gasteiger partial charge in [-0.15, -0.1) is 0 Å². The molecule has 0 saturated carbocycles. The minimum atomic E-state index is -1.43. The topological polar surface area (TPSA) is 202 Å². The van der Waals surface area contributed by atoms with E-state index < -0.39 is 83.0 Å². The van der Waals surface area contributed by atoms with E-state index in [0.29, 0.717) is 16.7 Å². The number of cyclic esters (lactones) is 1. The summed E-state index contributed by atoms with van der Waals surface area (Å²) in [6.07, 6.45) is 0.448. The number of fused-ring (bicyclic) bond motifs is 1. The van der Waals surface area contributed by atoms with Crippen molar-refractivity contribution in [3.63, 3.8) is 0 Å². The summed E-state index contributed by atoms with van der Waals surface area (Å²) in [5.74, 6) is -4.93. The van der Waals surface area contributed by atoms with E-state index in [-0.39, 0.29) is 56.6 Å². The van der Waals surface area contributed by atoms with Crippen LogP contribution >= 0.6 is 0 Å². The number of aliphatic hydroxyl groups excluding tert-OH is 1. The number of ether oxygens (including phenoxy) is 6. The van der Waals surface area contributed by atoms with Crippen LogP contribution in [0, 0.1) is 5.41 Å². The molecule has 334 valence electrons. The lowest BCUT2D eigenvalue weighted by atomic mass is 9.90. The van der Waals surface area contributed by atoms with E-state index in [1.54, 1.807) is 58.9 Å². The summed E-state index contributed by atoms with van der Waals surface area (Å²) in [5.41, 5.74) is 0.886. The van der Waals surface area contributed by atoms with Crippen molar-refractivity contribution >= 4 is 41.8 Å². The largest absolute Gasteiger partial charge is 0.462 e. The van der Waals surface area contributed by atoms with Crippen LogP contribution in [0.4, 0.5) is 0 Å². The fourth-order valence-corrected chi connectivity index (χ4v) is 7.42. The monoisotopic (exact) mass is 866 g/mol. The zero-order valence-corrected chi connectivity index (χ0v) is 36.0. The van der Waals surface area contributed by atoms with Crippen LogP contribution in [0.25, 0.3) is 6.08 Å². The summed E-state index contributed by atoms with van der Waals surface area (Å²) < 4.78 is 35.5. The molecule has 2 saturated heterocycles. The molecule has 3 aromatic rings. The van der Waals surface area contributed by atoms with Gasteiger partial charge < -0.3 is 44.2 Å². The first-order chi connectivity index (χ1) is 30.0. The van der Waals surface area contributed by atoms with E-state index in [4.69, 9.17) is 28.4 Å². The third kappa shape index (κ3) is 11.9. The molecule has 63 heavy (non-hydrogen) atoms. The molecule has 6 rings (SSSR count). The Hall–Kier alpha value is -6.16. The molecule has 2 heterocycles. The smallest absolute Gasteiger partial charge is 0.348 e. The maximum absolute atomic E-state index is 13.9. The van der Waals surface area contributed by atoms with Gasteiger partial charge in [-0.1, -0.05) is 86.6 Å². The van der Waals surface area contributed by atoms with Gasteiger partial charge in [0.25, 0.3) is 0 Å². The average Bonchev–Trinajstić information content (AvgIpc) is 3.78. The van der Waals surface area contributed by atoms with Crippen LogP contribution in [0.15, 0.2) is 103 Å². The van der Waals surface area contributed by atoms with Crippen molar-refractivity contribution in [3.05, 3.63) is 125 Å². The molecule has 0 spiro atoms. The molecule has 0 radical (unpaired) electrons. The van der Waals surface area contributed by atoms with Crippen LogP contribution in [0.1, 0.15) is 87.4 Å². The molecule has 1 aliphatic carbocycles. The second kappa shape index (κ2) is 19.9. The number of hydrogen-bond donors (Lipinski definition) is 3. The predicted octanol–water partition coefficient (Wildman–Crippen LogP) is 4.84. The van der Waals surface area contributed by atoms with Crippen molar-refractivity contribution in [2.75, 3.05) is 19.8 Å². The number of esters is 4. The van der Waals surface area contributed by atoms with Crippen molar-refractivity contribution in [1.82, 2.24) is 10.6 Å². The molecule has 2 aliphatic heterocycles. The van der Waals surface area contributed by atoms with E-state index in [0.717, 1.165) is 6.08 Å². The third-order valence-electron chi connectivity index (χ3n) is 10.6. The molecule has 3 aliphatic rings. The Bertz CT molecular complexity index is 2170. The lowest BCUT2D eigenvalue weighted by molar-refractivity contribution is -0.159. The maximum Gasteiger partial charge on any atom is 0.348 e. The van der Waals surface area contributed by atoms with Crippen LogP contribution < -0.4 is 10.6 Å². The molecular formula is C48H54N2O13. The van der Waals surface area contributed by atoms with Gasteiger partial charge in [0.2, 0.25) is 23.7 Å². The highest BCUT2D eigenvalue weighted by Gasteiger charge is 2.55. The highest BCUT2D eigenvalue weighted by Crippen LogP contribution is 2.47. The SMILES string of the molecule is CC(C)(C)OC(=O)CC[C@@H](CO)NC(=O)CCNC(=O)C1=C[C@H]2OC(c3ccccc3)(c3ccccc3)O[C@H]2[C@H](OC(=O)c2cccc(C=CC(=O)O[C@H]3C(=O)OCC3(C)C)c2)C1. The number of carbonyl (C=O) groups excluding carboxylic acids is 6. The Balaban J connectivity index is 1.16. The quantitative estimate of drug-likeness (QED) is 0.100. The summed E-state index contributed by atoms with van der Waals surface area (Å²) in [5, 5.41) is 15.3. The Morgan fingerprint density at radius 1 is 0.905 bits per heavy atom. The van der Waals surface area contributed by atoms with Gasteiger partial charge in [-0.3, -0.25) is 14.4 Å². The number of carbonyl (C=O) groups is 6. The molecule has 0 aromatic heterocycles. The minimum absolute atomic E-state index is 0.00172. The number of hydrogen-bond acceptors (Lipinski definition) is 13. The number of amides is 2. The van der Waals surface area contributed by atoms with E-state index >= 15 is 0 Å². The Morgan fingerprint density at radius 2 is 1.59 bits per heavy atom. The normalized spacial score (nSPS) is 21.6. The van der Waals surface area contributed by atoms with Crippen LogP contribution in [-0.2, 0) is 58.2 Å². The van der Waals surface area contributed by atoms with Gasteiger partial charge in [-0.05, 0) is 57.0 Å². The van der Waals surface area contributed by atoms with Crippen LogP contribution in [0.5, 0.6) is 0 Å². The number of benzene rings is 3. The Morgan fingerprint density at radius 3 is 2.21 bits per heavy atom. The summed E-state index contributed by atoms with van der Waals surface area (Å²) in [6.45, 7) is 8.45. The highest BCUT2D eigenvalue weighted by atomic mass is 16.8. The third-order valence-corrected chi connectivity index (χ3v) is 10.6. The fraction of sp³-hybridized carbons (Fsp3) is 0.417. The zero-order chi connectivity index (χ0) is 45.4. The first-order valence-electron chi connectivity index (χ1n) is 20.9. The van der Waals surface area contributed by atoms with Gasteiger partial charge in [0.1, 0.15) is 30.5 Å². The van der Waals surface area contributed by atoms with Gasteiger partial charge in [0.15, 0.2) is 0 Å².